The van der Waals surface area contributed by atoms with Crippen LogP contribution < -0.4 is 11.0 Å². The lowest BCUT2D eigenvalue weighted by atomic mass is 10.1. The molecule has 1 saturated heterocycles. The van der Waals surface area contributed by atoms with Gasteiger partial charge in [0.15, 0.2) is 0 Å². The van der Waals surface area contributed by atoms with Crippen molar-refractivity contribution in [2.75, 3.05) is 0 Å². The first-order valence-corrected chi connectivity index (χ1v) is 6.00. The van der Waals surface area contributed by atoms with E-state index in [1.807, 2.05) is 0 Å². The van der Waals surface area contributed by atoms with Gasteiger partial charge in [-0.15, -0.1) is 0 Å². The Hall–Kier alpha value is -2.37. The molecule has 3 rings (SSSR count). The number of aromatic nitrogens is 2. The number of fused-ring (bicyclic) bond motifs is 1. The summed E-state index contributed by atoms with van der Waals surface area (Å²) in [6, 6.07) is 7.44. The maximum atomic E-state index is 12.3. The fourth-order valence-electron chi connectivity index (χ4n) is 2.48. The van der Waals surface area contributed by atoms with Crippen LogP contribution in [0.1, 0.15) is 18.9 Å². The monoisotopic (exact) mass is 258 g/mol. The van der Waals surface area contributed by atoms with Gasteiger partial charge in [0.05, 0.1) is 11.0 Å². The number of piperidine rings is 1. The smallest absolute Gasteiger partial charge is 0.295 e. The largest absolute Gasteiger partial charge is 0.329 e. The van der Waals surface area contributed by atoms with Gasteiger partial charge in [0.1, 0.15) is 6.04 Å². The molecule has 2 aromatic rings. The Balaban J connectivity index is 2.20. The number of imide groups is 1. The van der Waals surface area contributed by atoms with Gasteiger partial charge in [-0.2, -0.15) is 0 Å². The van der Waals surface area contributed by atoms with Gasteiger partial charge < -0.3 is 0 Å². The molecule has 97 valence electrons. The zero-order chi connectivity index (χ0) is 13.6. The van der Waals surface area contributed by atoms with Gasteiger partial charge >= 0.3 is 5.69 Å². The molecular weight excluding hydrogens is 246 g/mol. The quantitative estimate of drug-likeness (QED) is 0.738. The number of aryl methyl sites for hydroxylation is 1. The molecule has 0 aliphatic carbocycles. The number of imidazole rings is 1. The minimum absolute atomic E-state index is 0.248. The lowest BCUT2D eigenvalue weighted by Gasteiger charge is -2.21. The molecule has 6 nitrogen and oxygen atoms in total. The summed E-state index contributed by atoms with van der Waals surface area (Å²) in [6.45, 7) is 0. The Morgan fingerprint density at radius 1 is 1.32 bits per heavy atom. The first-order valence-electron chi connectivity index (χ1n) is 6.00. The maximum Gasteiger partial charge on any atom is 0.329 e. The lowest BCUT2D eigenvalue weighted by Crippen LogP contribution is -2.44. The number of amides is 2. The molecule has 1 aromatic carbocycles. The van der Waals surface area contributed by atoms with E-state index in [4.69, 9.17) is 0 Å². The molecule has 0 saturated carbocycles. The van der Waals surface area contributed by atoms with Crippen LogP contribution in [0.25, 0.3) is 11.0 Å². The van der Waals surface area contributed by atoms with Gasteiger partial charge in [-0.05, 0) is 24.6 Å². The van der Waals surface area contributed by atoms with E-state index in [1.54, 1.807) is 25.2 Å². The summed E-state index contributed by atoms with van der Waals surface area (Å²) in [7, 11) is 1.65. The van der Waals surface area contributed by atoms with Crippen LogP contribution in [-0.2, 0) is 16.6 Å². The van der Waals surface area contributed by atoms with Crippen molar-refractivity contribution >= 4 is 22.8 Å². The second kappa shape index (κ2) is 4.08. The number of hydrogen-bond acceptors (Lipinski definition) is 3. The van der Waals surface area contributed by atoms with Crippen molar-refractivity contribution in [2.24, 2.45) is 7.05 Å². The van der Waals surface area contributed by atoms with Crippen LogP contribution in [0.3, 0.4) is 0 Å². The first kappa shape index (κ1) is 11.7. The summed E-state index contributed by atoms with van der Waals surface area (Å²) in [6.07, 6.45) is 0.598. The van der Waals surface area contributed by atoms with Crippen molar-refractivity contribution in [3.63, 3.8) is 0 Å². The van der Waals surface area contributed by atoms with Gasteiger partial charge in [0, 0.05) is 13.5 Å². The summed E-state index contributed by atoms with van der Waals surface area (Å²) in [5.74, 6) is -0.707. The van der Waals surface area contributed by atoms with Crippen LogP contribution >= 0.6 is 0 Å². The molecule has 0 bridgehead atoms. The standard InChI is InChI=1S/C13H12N3O3/c1-15-8-4-2-3-5-9(8)16(13(15)19)10-6-7-11(17)14-12(10)18/h3-5,10H,6-7H2,1H3,(H,14,17,18). The van der Waals surface area contributed by atoms with Crippen LogP contribution in [0.4, 0.5) is 0 Å². The minimum atomic E-state index is -0.628. The van der Waals surface area contributed by atoms with Gasteiger partial charge in [0.25, 0.3) is 0 Å². The van der Waals surface area contributed by atoms with Crippen molar-refractivity contribution in [1.82, 2.24) is 14.5 Å². The predicted octanol–water partition coefficient (Wildman–Crippen LogP) is 0.118. The topological polar surface area (TPSA) is 73.1 Å². The number of benzene rings is 1. The highest BCUT2D eigenvalue weighted by Crippen LogP contribution is 2.22. The zero-order valence-electron chi connectivity index (χ0n) is 10.3. The third kappa shape index (κ3) is 1.68. The zero-order valence-corrected chi connectivity index (χ0v) is 10.3. The molecule has 19 heavy (non-hydrogen) atoms. The van der Waals surface area contributed by atoms with E-state index in [2.05, 4.69) is 11.4 Å². The summed E-state index contributed by atoms with van der Waals surface area (Å²) < 4.78 is 2.93. The van der Waals surface area contributed by atoms with Crippen LogP contribution in [0.5, 0.6) is 0 Å². The number of carbonyl (C=O) groups is 2. The van der Waals surface area contributed by atoms with Crippen molar-refractivity contribution in [3.05, 3.63) is 34.7 Å². The molecule has 1 aliphatic rings. The van der Waals surface area contributed by atoms with Crippen molar-refractivity contribution in [2.45, 2.75) is 18.9 Å². The normalized spacial score (nSPS) is 19.7. The molecule has 2 amide bonds. The average Bonchev–Trinajstić information content (AvgIpc) is 2.64. The summed E-state index contributed by atoms with van der Waals surface area (Å²) in [5, 5.41) is 2.27. The Morgan fingerprint density at radius 2 is 2.11 bits per heavy atom. The number of nitrogens with one attached hydrogen (secondary N) is 1. The highest BCUT2D eigenvalue weighted by molar-refractivity contribution is 6.00. The van der Waals surface area contributed by atoms with Crippen LogP contribution in [0.2, 0.25) is 0 Å². The average molecular weight is 258 g/mol. The number of rotatable bonds is 1. The summed E-state index contributed by atoms with van der Waals surface area (Å²) in [5.41, 5.74) is 1.14. The molecule has 6 heteroatoms. The Morgan fingerprint density at radius 3 is 2.84 bits per heavy atom. The molecule has 1 unspecified atom stereocenters. The van der Waals surface area contributed by atoms with Crippen LogP contribution in [0, 0.1) is 6.07 Å². The third-order valence-corrected chi connectivity index (χ3v) is 3.46. The predicted molar refractivity (Wildman–Crippen MR) is 67.4 cm³/mol. The highest BCUT2D eigenvalue weighted by Gasteiger charge is 2.30. The first-order chi connectivity index (χ1) is 9.09. The second-order valence-corrected chi connectivity index (χ2v) is 4.59. The van der Waals surface area contributed by atoms with Crippen molar-refractivity contribution < 1.29 is 9.59 Å². The van der Waals surface area contributed by atoms with Crippen molar-refractivity contribution in [3.8, 4) is 0 Å². The molecule has 1 N–H and O–H groups in total. The fourth-order valence-corrected chi connectivity index (χ4v) is 2.48. The maximum absolute atomic E-state index is 12.3. The molecule has 1 radical (unpaired) electrons. The molecule has 1 fully saturated rings. The van der Waals surface area contributed by atoms with Gasteiger partial charge in [0.2, 0.25) is 11.8 Å². The van der Waals surface area contributed by atoms with Crippen molar-refractivity contribution in [1.29, 1.82) is 0 Å². The van der Waals surface area contributed by atoms with E-state index in [0.29, 0.717) is 11.9 Å². The number of nitrogens with zero attached hydrogens (tertiary/aromatic N) is 2. The van der Waals surface area contributed by atoms with E-state index in [0.717, 1.165) is 5.52 Å². The van der Waals surface area contributed by atoms with Gasteiger partial charge in [-0.3, -0.25) is 24.0 Å². The molecular formula is C13H12N3O3. The SMILES string of the molecule is Cn1c(=O)n(C2CCC(=O)NC2=O)c2cc[c]cc21. The Kier molecular flexibility index (Phi) is 2.51. The molecule has 1 atom stereocenters. The molecule has 2 heterocycles. The van der Waals surface area contributed by atoms with Gasteiger partial charge in [-0.1, -0.05) is 6.07 Å². The van der Waals surface area contributed by atoms with E-state index >= 15 is 0 Å². The lowest BCUT2D eigenvalue weighted by molar-refractivity contribution is -0.135. The highest BCUT2D eigenvalue weighted by atomic mass is 16.2. The Labute approximate surface area is 108 Å². The van der Waals surface area contributed by atoms with E-state index in [-0.39, 0.29) is 18.0 Å². The van der Waals surface area contributed by atoms with E-state index < -0.39 is 11.9 Å². The van der Waals surface area contributed by atoms with Gasteiger partial charge in [-0.25, -0.2) is 4.79 Å². The molecule has 0 spiro atoms. The van der Waals surface area contributed by atoms with E-state index in [1.165, 1.54) is 9.13 Å². The summed E-state index contributed by atoms with van der Waals surface area (Å²) in [4.78, 5) is 35.3. The Bertz CT molecular complexity index is 741. The molecule has 1 aromatic heterocycles. The number of carbonyl (C=O) groups excluding carboxylic acids is 2. The third-order valence-electron chi connectivity index (χ3n) is 3.46. The van der Waals surface area contributed by atoms with E-state index in [9.17, 15) is 14.4 Å². The van der Waals surface area contributed by atoms with Crippen LogP contribution in [-0.4, -0.2) is 20.9 Å². The second-order valence-electron chi connectivity index (χ2n) is 4.59. The molecule has 1 aliphatic heterocycles. The number of hydrogen-bond donors (Lipinski definition) is 1. The van der Waals surface area contributed by atoms with Crippen LogP contribution in [0.15, 0.2) is 23.0 Å². The fraction of sp³-hybridized carbons (Fsp3) is 0.308. The summed E-state index contributed by atoms with van der Waals surface area (Å²) >= 11 is 0. The minimum Gasteiger partial charge on any atom is -0.295 e.